The number of hydrogen-bond donors (Lipinski definition) is 2. The monoisotopic (exact) mass is 269 g/mol. The number of carboxylic acids is 1. The van der Waals surface area contributed by atoms with Gasteiger partial charge in [0, 0.05) is 6.20 Å². The summed E-state index contributed by atoms with van der Waals surface area (Å²) >= 11 is 0. The van der Waals surface area contributed by atoms with Gasteiger partial charge in [-0.3, -0.25) is 4.40 Å². The van der Waals surface area contributed by atoms with Gasteiger partial charge in [0.05, 0.1) is 11.1 Å². The van der Waals surface area contributed by atoms with Gasteiger partial charge in [-0.15, -0.1) is 10.2 Å². The van der Waals surface area contributed by atoms with E-state index >= 15 is 0 Å². The molecule has 100 valence electrons. The van der Waals surface area contributed by atoms with Crippen LogP contribution in [0.1, 0.15) is 15.9 Å². The molecule has 0 atom stereocenters. The number of carbonyl (C=O) groups is 1. The Morgan fingerprint density at radius 1 is 1.20 bits per heavy atom. The number of fused-ring (bicyclic) bond motifs is 1. The van der Waals surface area contributed by atoms with E-state index in [0.29, 0.717) is 17.0 Å². The molecule has 0 amide bonds. The molecule has 0 unspecified atom stereocenters. The SMILES string of the molecule is Cc1ccc(O)c(-c2nnc3ccc(C(=O)O)cn23)c1. The molecule has 0 saturated heterocycles. The molecule has 3 rings (SSSR count). The number of aromatic hydroxyl groups is 1. The van der Waals surface area contributed by atoms with Gasteiger partial charge < -0.3 is 10.2 Å². The average Bonchev–Trinajstić information content (AvgIpc) is 2.84. The number of nitrogens with zero attached hydrogens (tertiary/aromatic N) is 3. The zero-order valence-electron chi connectivity index (χ0n) is 10.6. The molecule has 6 heteroatoms. The van der Waals surface area contributed by atoms with Gasteiger partial charge in [0.2, 0.25) is 0 Å². The van der Waals surface area contributed by atoms with E-state index in [0.717, 1.165) is 5.56 Å². The molecule has 2 N–H and O–H groups in total. The smallest absolute Gasteiger partial charge is 0.337 e. The third-order valence-electron chi connectivity index (χ3n) is 3.04. The predicted octanol–water partition coefficient (Wildman–Crippen LogP) is 2.11. The maximum atomic E-state index is 11.0. The van der Waals surface area contributed by atoms with Gasteiger partial charge in [-0.05, 0) is 31.2 Å². The third kappa shape index (κ3) is 1.87. The number of carboxylic acid groups (broad SMARTS) is 1. The first-order chi connectivity index (χ1) is 9.56. The van der Waals surface area contributed by atoms with E-state index in [2.05, 4.69) is 10.2 Å². The quantitative estimate of drug-likeness (QED) is 0.744. The summed E-state index contributed by atoms with van der Waals surface area (Å²) in [6.45, 7) is 1.90. The molecule has 2 aromatic heterocycles. The summed E-state index contributed by atoms with van der Waals surface area (Å²) in [6, 6.07) is 8.18. The van der Waals surface area contributed by atoms with E-state index in [1.165, 1.54) is 12.3 Å². The lowest BCUT2D eigenvalue weighted by Crippen LogP contribution is -1.99. The molecule has 2 heterocycles. The van der Waals surface area contributed by atoms with Gasteiger partial charge in [-0.2, -0.15) is 0 Å². The second kappa shape index (κ2) is 4.34. The van der Waals surface area contributed by atoms with Crippen molar-refractivity contribution in [2.45, 2.75) is 6.92 Å². The predicted molar refractivity (Wildman–Crippen MR) is 71.8 cm³/mol. The number of pyridine rings is 1. The van der Waals surface area contributed by atoms with Crippen molar-refractivity contribution in [3.63, 3.8) is 0 Å². The molecular weight excluding hydrogens is 258 g/mol. The number of aromatic nitrogens is 3. The van der Waals surface area contributed by atoms with Crippen LogP contribution >= 0.6 is 0 Å². The van der Waals surface area contributed by atoms with E-state index < -0.39 is 5.97 Å². The van der Waals surface area contributed by atoms with Crippen molar-refractivity contribution in [2.75, 3.05) is 0 Å². The van der Waals surface area contributed by atoms with E-state index in [-0.39, 0.29) is 11.3 Å². The molecule has 0 aliphatic heterocycles. The Balaban J connectivity index is 2.28. The molecule has 0 aliphatic carbocycles. The summed E-state index contributed by atoms with van der Waals surface area (Å²) < 4.78 is 1.55. The van der Waals surface area contributed by atoms with Crippen molar-refractivity contribution in [3.05, 3.63) is 47.7 Å². The van der Waals surface area contributed by atoms with E-state index in [1.807, 2.05) is 6.92 Å². The van der Waals surface area contributed by atoms with Crippen LogP contribution in [0.4, 0.5) is 0 Å². The van der Waals surface area contributed by atoms with Gasteiger partial charge in [-0.1, -0.05) is 11.6 Å². The van der Waals surface area contributed by atoms with Crippen molar-refractivity contribution in [2.24, 2.45) is 0 Å². The van der Waals surface area contributed by atoms with Crippen molar-refractivity contribution in [1.29, 1.82) is 0 Å². The van der Waals surface area contributed by atoms with Crippen molar-refractivity contribution >= 4 is 11.6 Å². The van der Waals surface area contributed by atoms with Crippen molar-refractivity contribution < 1.29 is 15.0 Å². The number of phenolic OH excluding ortho intramolecular Hbond substituents is 1. The molecule has 1 aromatic carbocycles. The zero-order chi connectivity index (χ0) is 14.3. The second-order valence-corrected chi connectivity index (χ2v) is 4.50. The summed E-state index contributed by atoms with van der Waals surface area (Å²) in [5.41, 5.74) is 2.13. The summed E-state index contributed by atoms with van der Waals surface area (Å²) in [5.74, 6) is -0.546. The molecule has 0 bridgehead atoms. The highest BCUT2D eigenvalue weighted by Gasteiger charge is 2.14. The Kier molecular flexibility index (Phi) is 2.64. The Morgan fingerprint density at radius 2 is 2.00 bits per heavy atom. The molecule has 0 radical (unpaired) electrons. The normalized spacial score (nSPS) is 10.8. The number of benzene rings is 1. The van der Waals surface area contributed by atoms with Gasteiger partial charge >= 0.3 is 5.97 Å². The molecule has 0 spiro atoms. The maximum Gasteiger partial charge on any atom is 0.337 e. The van der Waals surface area contributed by atoms with Gasteiger partial charge in [-0.25, -0.2) is 4.79 Å². The lowest BCUT2D eigenvalue weighted by atomic mass is 10.1. The van der Waals surface area contributed by atoms with Crippen molar-refractivity contribution in [1.82, 2.24) is 14.6 Å². The first-order valence-electron chi connectivity index (χ1n) is 5.94. The maximum absolute atomic E-state index is 11.0. The Labute approximate surface area is 113 Å². The fourth-order valence-corrected chi connectivity index (χ4v) is 2.03. The average molecular weight is 269 g/mol. The van der Waals surface area contributed by atoms with Crippen LogP contribution in [0, 0.1) is 6.92 Å². The summed E-state index contributed by atoms with van der Waals surface area (Å²) in [4.78, 5) is 11.0. The standard InChI is InChI=1S/C14H11N3O3/c1-8-2-4-11(18)10(6-8)13-16-15-12-5-3-9(14(19)20)7-17(12)13/h2-7,18H,1H3,(H,19,20). The molecule has 0 saturated carbocycles. The summed E-state index contributed by atoms with van der Waals surface area (Å²) in [5, 5.41) is 27.0. The van der Waals surface area contributed by atoms with Crippen molar-refractivity contribution in [3.8, 4) is 17.1 Å². The minimum Gasteiger partial charge on any atom is -0.507 e. The highest BCUT2D eigenvalue weighted by Crippen LogP contribution is 2.29. The zero-order valence-corrected chi connectivity index (χ0v) is 10.6. The van der Waals surface area contributed by atoms with Crippen LogP contribution in [-0.4, -0.2) is 30.8 Å². The van der Waals surface area contributed by atoms with Crippen LogP contribution in [-0.2, 0) is 0 Å². The fourth-order valence-electron chi connectivity index (χ4n) is 2.03. The van der Waals surface area contributed by atoms with Crippen LogP contribution in [0.5, 0.6) is 5.75 Å². The highest BCUT2D eigenvalue weighted by atomic mass is 16.4. The largest absolute Gasteiger partial charge is 0.507 e. The van der Waals surface area contributed by atoms with Crippen LogP contribution in [0.3, 0.4) is 0 Å². The lowest BCUT2D eigenvalue weighted by Gasteiger charge is -2.05. The molecule has 0 fully saturated rings. The second-order valence-electron chi connectivity index (χ2n) is 4.50. The molecule has 3 aromatic rings. The van der Waals surface area contributed by atoms with E-state index in [9.17, 15) is 9.90 Å². The third-order valence-corrected chi connectivity index (χ3v) is 3.04. The van der Waals surface area contributed by atoms with Crippen LogP contribution in [0.2, 0.25) is 0 Å². The van der Waals surface area contributed by atoms with Crippen LogP contribution in [0.25, 0.3) is 17.0 Å². The van der Waals surface area contributed by atoms with Crippen LogP contribution < -0.4 is 0 Å². The summed E-state index contributed by atoms with van der Waals surface area (Å²) in [6.07, 6.45) is 1.44. The van der Waals surface area contributed by atoms with Gasteiger partial charge in [0.15, 0.2) is 11.5 Å². The van der Waals surface area contributed by atoms with E-state index in [1.54, 1.807) is 28.7 Å². The van der Waals surface area contributed by atoms with Gasteiger partial charge in [0.1, 0.15) is 5.75 Å². The molecule has 0 aliphatic rings. The van der Waals surface area contributed by atoms with E-state index in [4.69, 9.17) is 5.11 Å². The topological polar surface area (TPSA) is 87.7 Å². The van der Waals surface area contributed by atoms with Gasteiger partial charge in [0.25, 0.3) is 0 Å². The molecular formula is C14H11N3O3. The summed E-state index contributed by atoms with van der Waals surface area (Å²) in [7, 11) is 0. The Morgan fingerprint density at radius 3 is 2.75 bits per heavy atom. The minimum absolute atomic E-state index is 0.0747. The fraction of sp³-hybridized carbons (Fsp3) is 0.0714. The first kappa shape index (κ1) is 12.2. The number of phenols is 1. The number of hydrogen-bond acceptors (Lipinski definition) is 4. The Bertz CT molecular complexity index is 824. The Hall–Kier alpha value is -2.89. The number of aromatic carboxylic acids is 1. The highest BCUT2D eigenvalue weighted by molar-refractivity contribution is 5.87. The molecule has 20 heavy (non-hydrogen) atoms. The number of rotatable bonds is 2. The lowest BCUT2D eigenvalue weighted by molar-refractivity contribution is 0.0696. The van der Waals surface area contributed by atoms with Crippen LogP contribution in [0.15, 0.2) is 36.5 Å². The minimum atomic E-state index is -1.03. The number of aryl methyl sites for hydroxylation is 1. The molecule has 6 nitrogen and oxygen atoms in total. The first-order valence-corrected chi connectivity index (χ1v) is 5.94.